The van der Waals surface area contributed by atoms with Crippen molar-refractivity contribution in [2.45, 2.75) is 20.3 Å². The van der Waals surface area contributed by atoms with Crippen LogP contribution in [0.25, 0.3) is 5.57 Å². The molecule has 1 heterocycles. The summed E-state index contributed by atoms with van der Waals surface area (Å²) >= 11 is 0. The first kappa shape index (κ1) is 9.97. The van der Waals surface area contributed by atoms with Crippen LogP contribution < -0.4 is 5.73 Å². The van der Waals surface area contributed by atoms with Gasteiger partial charge in [-0.3, -0.25) is 0 Å². The van der Waals surface area contributed by atoms with Gasteiger partial charge in [-0.05, 0) is 29.7 Å². The van der Waals surface area contributed by atoms with Gasteiger partial charge in [0.15, 0.2) is 0 Å². The first-order chi connectivity index (χ1) is 7.07. The van der Waals surface area contributed by atoms with Crippen LogP contribution in [0, 0.1) is 5.41 Å². The molecule has 1 aromatic rings. The summed E-state index contributed by atoms with van der Waals surface area (Å²) in [7, 11) is 0. The van der Waals surface area contributed by atoms with Crippen LogP contribution in [0.3, 0.4) is 0 Å². The summed E-state index contributed by atoms with van der Waals surface area (Å²) < 4.78 is 0. The van der Waals surface area contributed by atoms with E-state index in [2.05, 4.69) is 37.1 Å². The van der Waals surface area contributed by atoms with Crippen LogP contribution in [0.2, 0.25) is 0 Å². The molecule has 2 rings (SSSR count). The Morgan fingerprint density at radius 1 is 1.33 bits per heavy atom. The third kappa shape index (κ3) is 2.27. The van der Waals surface area contributed by atoms with Gasteiger partial charge < -0.3 is 5.73 Å². The fourth-order valence-electron chi connectivity index (χ4n) is 1.84. The largest absolute Gasteiger partial charge is 0.384 e. The Bertz CT molecular complexity index is 411. The minimum atomic E-state index is 0.148. The number of rotatable bonds is 1. The van der Waals surface area contributed by atoms with E-state index in [1.165, 1.54) is 11.1 Å². The van der Waals surface area contributed by atoms with Crippen molar-refractivity contribution < 1.29 is 0 Å². The highest BCUT2D eigenvalue weighted by Gasteiger charge is 2.16. The normalized spacial score (nSPS) is 18.7. The van der Waals surface area contributed by atoms with Gasteiger partial charge in [0.1, 0.15) is 5.82 Å². The summed E-state index contributed by atoms with van der Waals surface area (Å²) in [6.07, 6.45) is 9.57. The highest BCUT2D eigenvalue weighted by molar-refractivity contribution is 5.68. The Balaban J connectivity index is 2.32. The lowest BCUT2D eigenvalue weighted by molar-refractivity contribution is 0.618. The van der Waals surface area contributed by atoms with Crippen LogP contribution in [0.15, 0.2) is 36.6 Å². The molecule has 0 saturated carbocycles. The first-order valence-corrected chi connectivity index (χ1v) is 5.18. The Kier molecular flexibility index (Phi) is 2.35. The van der Waals surface area contributed by atoms with Crippen molar-refractivity contribution in [3.05, 3.63) is 42.1 Å². The summed E-state index contributed by atoms with van der Waals surface area (Å²) in [5.74, 6) is 0.574. The van der Waals surface area contributed by atoms with Crippen molar-refractivity contribution in [3.63, 3.8) is 0 Å². The molecule has 0 amide bonds. The Morgan fingerprint density at radius 2 is 2.13 bits per heavy atom. The number of aromatic nitrogens is 1. The van der Waals surface area contributed by atoms with E-state index in [0.717, 1.165) is 6.42 Å². The predicted molar refractivity (Wildman–Crippen MR) is 64.2 cm³/mol. The molecule has 0 aliphatic heterocycles. The van der Waals surface area contributed by atoms with Gasteiger partial charge in [0.2, 0.25) is 0 Å². The molecule has 0 unspecified atom stereocenters. The third-order valence-corrected chi connectivity index (χ3v) is 2.59. The SMILES string of the molecule is CC1(C)C=CCC(c2ccc(N)nc2)=C1. The second-order valence-electron chi connectivity index (χ2n) is 4.57. The average molecular weight is 200 g/mol. The van der Waals surface area contributed by atoms with Crippen molar-refractivity contribution in [3.8, 4) is 0 Å². The van der Waals surface area contributed by atoms with E-state index in [-0.39, 0.29) is 5.41 Å². The quantitative estimate of drug-likeness (QED) is 0.708. The molecule has 0 saturated heterocycles. The molecule has 0 aromatic carbocycles. The summed E-state index contributed by atoms with van der Waals surface area (Å²) in [4.78, 5) is 4.11. The molecule has 1 aromatic heterocycles. The number of nitrogens with two attached hydrogens (primary N) is 1. The zero-order chi connectivity index (χ0) is 10.9. The van der Waals surface area contributed by atoms with Gasteiger partial charge in [-0.2, -0.15) is 0 Å². The van der Waals surface area contributed by atoms with Gasteiger partial charge in [0.25, 0.3) is 0 Å². The fourth-order valence-corrected chi connectivity index (χ4v) is 1.84. The third-order valence-electron chi connectivity index (χ3n) is 2.59. The summed E-state index contributed by atoms with van der Waals surface area (Å²) in [6.45, 7) is 4.40. The second kappa shape index (κ2) is 3.54. The topological polar surface area (TPSA) is 38.9 Å². The molecule has 2 heteroatoms. The van der Waals surface area contributed by atoms with E-state index in [1.807, 2.05) is 18.3 Å². The summed E-state index contributed by atoms with van der Waals surface area (Å²) in [5.41, 5.74) is 8.21. The minimum Gasteiger partial charge on any atom is -0.384 e. The monoisotopic (exact) mass is 200 g/mol. The van der Waals surface area contributed by atoms with Crippen molar-refractivity contribution in [1.82, 2.24) is 4.98 Å². The molecule has 2 nitrogen and oxygen atoms in total. The maximum atomic E-state index is 5.56. The van der Waals surface area contributed by atoms with E-state index in [0.29, 0.717) is 5.82 Å². The van der Waals surface area contributed by atoms with Crippen molar-refractivity contribution in [1.29, 1.82) is 0 Å². The van der Waals surface area contributed by atoms with Gasteiger partial charge in [-0.25, -0.2) is 4.98 Å². The summed E-state index contributed by atoms with van der Waals surface area (Å²) in [6, 6.07) is 3.88. The zero-order valence-corrected chi connectivity index (χ0v) is 9.20. The van der Waals surface area contributed by atoms with Gasteiger partial charge in [-0.15, -0.1) is 0 Å². The van der Waals surface area contributed by atoms with Gasteiger partial charge in [0.05, 0.1) is 0 Å². The predicted octanol–water partition coefficient (Wildman–Crippen LogP) is 3.03. The van der Waals surface area contributed by atoms with E-state index >= 15 is 0 Å². The molecular weight excluding hydrogens is 184 g/mol. The Morgan fingerprint density at radius 3 is 2.73 bits per heavy atom. The number of pyridine rings is 1. The van der Waals surface area contributed by atoms with Crippen LogP contribution in [-0.4, -0.2) is 4.98 Å². The highest BCUT2D eigenvalue weighted by Crippen LogP contribution is 2.32. The first-order valence-electron chi connectivity index (χ1n) is 5.18. The molecule has 0 radical (unpaired) electrons. The summed E-state index contributed by atoms with van der Waals surface area (Å²) in [5, 5.41) is 0. The number of hydrogen-bond acceptors (Lipinski definition) is 2. The molecule has 0 fully saturated rings. The van der Waals surface area contributed by atoms with Crippen LogP contribution in [0.1, 0.15) is 25.8 Å². The molecule has 78 valence electrons. The lowest BCUT2D eigenvalue weighted by Crippen LogP contribution is -2.07. The second-order valence-corrected chi connectivity index (χ2v) is 4.57. The van der Waals surface area contributed by atoms with Crippen LogP contribution >= 0.6 is 0 Å². The molecule has 15 heavy (non-hydrogen) atoms. The van der Waals surface area contributed by atoms with Crippen molar-refractivity contribution in [2.24, 2.45) is 5.41 Å². The molecule has 0 bridgehead atoms. The molecule has 2 N–H and O–H groups in total. The van der Waals surface area contributed by atoms with Crippen molar-refractivity contribution in [2.75, 3.05) is 5.73 Å². The molecule has 0 spiro atoms. The molecule has 1 aliphatic rings. The van der Waals surface area contributed by atoms with Gasteiger partial charge in [0, 0.05) is 11.6 Å². The lowest BCUT2D eigenvalue weighted by Gasteiger charge is -2.22. The average Bonchev–Trinajstić information content (AvgIpc) is 2.17. The Hall–Kier alpha value is -1.57. The zero-order valence-electron chi connectivity index (χ0n) is 9.20. The van der Waals surface area contributed by atoms with Crippen LogP contribution in [-0.2, 0) is 0 Å². The molecule has 0 atom stereocenters. The minimum absolute atomic E-state index is 0.148. The van der Waals surface area contributed by atoms with Gasteiger partial charge >= 0.3 is 0 Å². The number of hydrogen-bond donors (Lipinski definition) is 1. The van der Waals surface area contributed by atoms with Crippen LogP contribution in [0.4, 0.5) is 5.82 Å². The van der Waals surface area contributed by atoms with E-state index in [4.69, 9.17) is 5.73 Å². The van der Waals surface area contributed by atoms with E-state index < -0.39 is 0 Å². The van der Waals surface area contributed by atoms with E-state index in [9.17, 15) is 0 Å². The number of nitrogens with zero attached hydrogens (tertiary/aromatic N) is 1. The molecule has 1 aliphatic carbocycles. The molecular formula is C13H16N2. The lowest BCUT2D eigenvalue weighted by atomic mass is 9.83. The Labute approximate surface area is 90.5 Å². The maximum Gasteiger partial charge on any atom is 0.123 e. The highest BCUT2D eigenvalue weighted by atomic mass is 14.8. The van der Waals surface area contributed by atoms with Crippen LogP contribution in [0.5, 0.6) is 0 Å². The maximum absolute atomic E-state index is 5.56. The van der Waals surface area contributed by atoms with Gasteiger partial charge in [-0.1, -0.05) is 32.1 Å². The van der Waals surface area contributed by atoms with E-state index in [1.54, 1.807) is 0 Å². The number of anilines is 1. The smallest absolute Gasteiger partial charge is 0.123 e. The standard InChI is InChI=1S/C13H16N2/c1-13(2)7-3-4-10(8-13)11-5-6-12(14)15-9-11/h3,5-9H,4H2,1-2H3,(H2,14,15). The van der Waals surface area contributed by atoms with Crippen molar-refractivity contribution >= 4 is 11.4 Å². The number of allylic oxidation sites excluding steroid dienone is 4. The fraction of sp³-hybridized carbons (Fsp3) is 0.308. The number of nitrogen functional groups attached to an aromatic ring is 1.